The van der Waals surface area contributed by atoms with E-state index in [4.69, 9.17) is 0 Å². The summed E-state index contributed by atoms with van der Waals surface area (Å²) in [6.45, 7) is 3.97. The van der Waals surface area contributed by atoms with Crippen LogP contribution < -0.4 is 0 Å². The summed E-state index contributed by atoms with van der Waals surface area (Å²) in [5.74, 6) is -0.760. The maximum absolute atomic E-state index is 15.4. The van der Waals surface area contributed by atoms with Crippen molar-refractivity contribution in [1.82, 2.24) is 14.3 Å². The van der Waals surface area contributed by atoms with Gasteiger partial charge in [-0.2, -0.15) is 0 Å². The summed E-state index contributed by atoms with van der Waals surface area (Å²) < 4.78 is 55.3. The van der Waals surface area contributed by atoms with Crippen molar-refractivity contribution in [2.75, 3.05) is 13.1 Å². The van der Waals surface area contributed by atoms with E-state index >= 15 is 4.39 Å². The molecule has 8 heteroatoms. The summed E-state index contributed by atoms with van der Waals surface area (Å²) >= 11 is 0. The monoisotopic (exact) mass is 407 g/mol. The first-order chi connectivity index (χ1) is 13.3. The molecule has 0 aromatic heterocycles. The van der Waals surface area contributed by atoms with Gasteiger partial charge in [0.1, 0.15) is 5.82 Å². The molecule has 150 valence electrons. The molecule has 0 aliphatic carbocycles. The summed E-state index contributed by atoms with van der Waals surface area (Å²) in [6.07, 6.45) is 6.48. The smallest absolute Gasteiger partial charge is 0.233 e. The lowest BCUT2D eigenvalue weighted by molar-refractivity contribution is 0.193. The maximum atomic E-state index is 15.4. The van der Waals surface area contributed by atoms with Crippen LogP contribution in [0.15, 0.2) is 59.8 Å². The van der Waals surface area contributed by atoms with Crippen molar-refractivity contribution in [3.8, 4) is 0 Å². The van der Waals surface area contributed by atoms with Gasteiger partial charge in [-0.25, -0.2) is 17.2 Å². The Morgan fingerprint density at radius 2 is 2.00 bits per heavy atom. The van der Waals surface area contributed by atoms with Gasteiger partial charge in [-0.05, 0) is 56.5 Å². The molecule has 0 spiro atoms. The Labute approximate surface area is 164 Å². The zero-order valence-electron chi connectivity index (χ0n) is 15.8. The number of nitrogens with zero attached hydrogens (tertiary/aromatic N) is 3. The minimum atomic E-state index is -3.55. The third-order valence-corrected chi connectivity index (χ3v) is 7.54. The Hall–Kier alpha value is -2.19. The molecular formula is C20H23F2N3O2S. The molecule has 0 N–H and O–H groups in total. The predicted octanol–water partition coefficient (Wildman–Crippen LogP) is 3.83. The highest BCUT2D eigenvalue weighted by atomic mass is 32.2. The minimum Gasteiger partial charge on any atom is -0.362 e. The van der Waals surface area contributed by atoms with Crippen molar-refractivity contribution in [3.05, 3.63) is 71.2 Å². The molecule has 0 bridgehead atoms. The van der Waals surface area contributed by atoms with Crippen LogP contribution in [-0.4, -0.2) is 41.1 Å². The molecule has 1 saturated heterocycles. The maximum Gasteiger partial charge on any atom is 0.233 e. The van der Waals surface area contributed by atoms with Crippen LogP contribution in [-0.2, 0) is 10.0 Å². The van der Waals surface area contributed by atoms with Crippen molar-refractivity contribution >= 4 is 10.0 Å². The van der Waals surface area contributed by atoms with Gasteiger partial charge in [0.05, 0.1) is 29.2 Å². The van der Waals surface area contributed by atoms with Gasteiger partial charge in [0.25, 0.3) is 0 Å². The second-order valence-electron chi connectivity index (χ2n) is 7.45. The third-order valence-electron chi connectivity index (χ3n) is 5.44. The van der Waals surface area contributed by atoms with Crippen molar-refractivity contribution < 1.29 is 17.2 Å². The fraction of sp³-hybridized carbons (Fsp3) is 0.400. The summed E-state index contributed by atoms with van der Waals surface area (Å²) in [7, 11) is -3.55. The molecule has 0 saturated carbocycles. The molecular weight excluding hydrogens is 384 g/mol. The van der Waals surface area contributed by atoms with E-state index in [0.29, 0.717) is 12.2 Å². The van der Waals surface area contributed by atoms with Gasteiger partial charge in [-0.1, -0.05) is 12.1 Å². The number of halogens is 2. The van der Waals surface area contributed by atoms with Crippen molar-refractivity contribution in [3.63, 3.8) is 0 Å². The number of hydrazine groups is 1. The summed E-state index contributed by atoms with van der Waals surface area (Å²) in [5.41, 5.74) is 1.47. The highest BCUT2D eigenvalue weighted by Crippen LogP contribution is 2.41. The van der Waals surface area contributed by atoms with Crippen molar-refractivity contribution in [1.29, 1.82) is 0 Å². The average molecular weight is 407 g/mol. The van der Waals surface area contributed by atoms with E-state index in [1.165, 1.54) is 21.6 Å². The standard InChI is InChI=1S/C20H23F2N3O2S/c1-14(2)28(26,27)25-12-9-19-20(22)18(8-11-24(19)25)23-10-4-7-17(23)15-5-3-6-16(21)13-15/h3,5-6,8-9,11,13-14,17H,4,7,10,12H2,1-2H3/t17-/m1/s1. The summed E-state index contributed by atoms with van der Waals surface area (Å²) in [4.78, 5) is 1.94. The highest BCUT2D eigenvalue weighted by molar-refractivity contribution is 7.89. The van der Waals surface area contributed by atoms with Gasteiger partial charge >= 0.3 is 0 Å². The Bertz CT molecular complexity index is 985. The van der Waals surface area contributed by atoms with E-state index in [-0.39, 0.29) is 24.1 Å². The number of hydrogen-bond donors (Lipinski definition) is 0. The fourth-order valence-corrected chi connectivity index (χ4v) is 5.12. The van der Waals surface area contributed by atoms with E-state index in [0.717, 1.165) is 18.4 Å². The van der Waals surface area contributed by atoms with Crippen LogP contribution in [0.2, 0.25) is 0 Å². The molecule has 5 nitrogen and oxygen atoms in total. The Morgan fingerprint density at radius 1 is 1.21 bits per heavy atom. The largest absolute Gasteiger partial charge is 0.362 e. The first-order valence-corrected chi connectivity index (χ1v) is 10.9. The predicted molar refractivity (Wildman–Crippen MR) is 103 cm³/mol. The normalized spacial score (nSPS) is 23.0. The topological polar surface area (TPSA) is 43.9 Å². The van der Waals surface area contributed by atoms with E-state index in [1.54, 1.807) is 38.3 Å². The molecule has 28 heavy (non-hydrogen) atoms. The van der Waals surface area contributed by atoms with E-state index in [1.807, 2.05) is 11.0 Å². The third kappa shape index (κ3) is 3.04. The first-order valence-electron chi connectivity index (χ1n) is 9.42. The fourth-order valence-electron chi connectivity index (χ4n) is 3.96. The van der Waals surface area contributed by atoms with Crippen molar-refractivity contribution in [2.45, 2.75) is 38.0 Å². The number of sulfonamides is 1. The Balaban J connectivity index is 1.64. The highest BCUT2D eigenvalue weighted by Gasteiger charge is 2.39. The van der Waals surface area contributed by atoms with Crippen LogP contribution in [0.1, 0.15) is 38.3 Å². The Morgan fingerprint density at radius 3 is 2.71 bits per heavy atom. The average Bonchev–Trinajstić information content (AvgIpc) is 3.29. The van der Waals surface area contributed by atoms with Crippen LogP contribution in [0.5, 0.6) is 0 Å². The minimum absolute atomic E-state index is 0.105. The quantitative estimate of drug-likeness (QED) is 0.761. The molecule has 0 unspecified atom stereocenters. The number of fused-ring (bicyclic) bond motifs is 1. The van der Waals surface area contributed by atoms with Crippen molar-refractivity contribution in [2.24, 2.45) is 0 Å². The Kier molecular flexibility index (Phi) is 4.79. The van der Waals surface area contributed by atoms with E-state index in [2.05, 4.69) is 0 Å². The molecule has 1 atom stereocenters. The van der Waals surface area contributed by atoms with Gasteiger partial charge in [-0.3, -0.25) is 5.01 Å². The zero-order chi connectivity index (χ0) is 20.1. The lowest BCUT2D eigenvalue weighted by atomic mass is 10.0. The zero-order valence-corrected chi connectivity index (χ0v) is 16.7. The lowest BCUT2D eigenvalue weighted by Gasteiger charge is -2.35. The van der Waals surface area contributed by atoms with E-state index < -0.39 is 21.1 Å². The summed E-state index contributed by atoms with van der Waals surface area (Å²) in [6, 6.07) is 6.30. The number of likely N-dealkylation sites (tertiary alicyclic amines) is 1. The summed E-state index contributed by atoms with van der Waals surface area (Å²) in [5, 5.41) is 0.763. The number of allylic oxidation sites excluding steroid dienone is 2. The molecule has 0 radical (unpaired) electrons. The van der Waals surface area contributed by atoms with Crippen LogP contribution >= 0.6 is 0 Å². The number of hydrogen-bond acceptors (Lipinski definition) is 4. The molecule has 3 heterocycles. The second-order valence-corrected chi connectivity index (χ2v) is 9.85. The van der Waals surface area contributed by atoms with Crippen LogP contribution in [0.3, 0.4) is 0 Å². The van der Waals surface area contributed by atoms with Crippen LogP contribution in [0.4, 0.5) is 8.78 Å². The lowest BCUT2D eigenvalue weighted by Crippen LogP contribution is -2.43. The molecule has 1 aromatic rings. The first kappa shape index (κ1) is 19.1. The number of rotatable bonds is 4. The van der Waals surface area contributed by atoms with Gasteiger partial charge in [-0.15, -0.1) is 4.41 Å². The second kappa shape index (κ2) is 7.00. The van der Waals surface area contributed by atoms with Crippen LogP contribution in [0, 0.1) is 5.82 Å². The van der Waals surface area contributed by atoms with Gasteiger partial charge < -0.3 is 4.90 Å². The van der Waals surface area contributed by atoms with Gasteiger partial charge in [0, 0.05) is 12.7 Å². The molecule has 3 aliphatic heterocycles. The molecule has 1 fully saturated rings. The van der Waals surface area contributed by atoms with Gasteiger partial charge in [0.15, 0.2) is 5.83 Å². The van der Waals surface area contributed by atoms with Crippen LogP contribution in [0.25, 0.3) is 0 Å². The molecule has 3 aliphatic rings. The molecule has 4 rings (SSSR count). The van der Waals surface area contributed by atoms with E-state index in [9.17, 15) is 12.8 Å². The number of benzene rings is 1. The SMILES string of the molecule is CC(C)S(=O)(=O)N1CC=C2C(F)=C(N3CCC[C@@H]3c3cccc(F)c3)C=CN21. The van der Waals surface area contributed by atoms with Gasteiger partial charge in [0.2, 0.25) is 10.0 Å². The molecule has 1 aromatic carbocycles. The molecule has 0 amide bonds.